The van der Waals surface area contributed by atoms with Gasteiger partial charge >= 0.3 is 0 Å². The lowest BCUT2D eigenvalue weighted by atomic mass is 9.90. The Hall–Kier alpha value is -1.49. The molecule has 1 aliphatic rings. The molecular formula is C15H19NO. The maximum Gasteiger partial charge on any atom is 0.125 e. The van der Waals surface area contributed by atoms with Crippen LogP contribution in [0.1, 0.15) is 35.1 Å². The number of aryl methyl sites for hydroxylation is 2. The first-order valence-corrected chi connectivity index (χ1v) is 6.08. The largest absolute Gasteiger partial charge is 0.496 e. The summed E-state index contributed by atoms with van der Waals surface area (Å²) in [6, 6.07) is 4.65. The minimum atomic E-state index is -0.111. The summed E-state index contributed by atoms with van der Waals surface area (Å²) >= 11 is 0. The number of rotatable bonds is 3. The van der Waals surface area contributed by atoms with E-state index in [2.05, 4.69) is 32.9 Å². The Kier molecular flexibility index (Phi) is 2.87. The molecule has 0 aromatic heterocycles. The van der Waals surface area contributed by atoms with Gasteiger partial charge in [-0.3, -0.25) is 0 Å². The van der Waals surface area contributed by atoms with Gasteiger partial charge in [-0.15, -0.1) is 0 Å². The Morgan fingerprint density at radius 2 is 1.94 bits per heavy atom. The van der Waals surface area contributed by atoms with Crippen LogP contribution in [0, 0.1) is 37.5 Å². The predicted molar refractivity (Wildman–Crippen MR) is 68.2 cm³/mol. The summed E-state index contributed by atoms with van der Waals surface area (Å²) in [5.74, 6) is 0.976. The van der Waals surface area contributed by atoms with Gasteiger partial charge in [0, 0.05) is 0 Å². The van der Waals surface area contributed by atoms with Crippen LogP contribution in [0.2, 0.25) is 0 Å². The van der Waals surface area contributed by atoms with Crippen molar-refractivity contribution < 1.29 is 4.74 Å². The van der Waals surface area contributed by atoms with Crippen molar-refractivity contribution in [2.75, 3.05) is 7.11 Å². The Balaban J connectivity index is 2.46. The topological polar surface area (TPSA) is 33.0 Å². The van der Waals surface area contributed by atoms with Crippen LogP contribution in [0.15, 0.2) is 6.07 Å². The molecule has 17 heavy (non-hydrogen) atoms. The van der Waals surface area contributed by atoms with E-state index in [0.29, 0.717) is 0 Å². The van der Waals surface area contributed by atoms with E-state index >= 15 is 0 Å². The monoisotopic (exact) mass is 229 g/mol. The summed E-state index contributed by atoms with van der Waals surface area (Å²) < 4.78 is 5.55. The van der Waals surface area contributed by atoms with Crippen molar-refractivity contribution >= 4 is 0 Å². The van der Waals surface area contributed by atoms with E-state index in [1.807, 2.05) is 0 Å². The zero-order chi connectivity index (χ0) is 12.6. The first-order chi connectivity index (χ1) is 8.03. The third kappa shape index (κ3) is 2.02. The molecule has 0 amide bonds. The van der Waals surface area contributed by atoms with E-state index in [9.17, 15) is 5.26 Å². The lowest BCUT2D eigenvalue weighted by Crippen LogP contribution is -2.07. The third-order valence-corrected chi connectivity index (χ3v) is 3.93. The highest BCUT2D eigenvalue weighted by Crippen LogP contribution is 2.49. The smallest absolute Gasteiger partial charge is 0.125 e. The number of nitrogens with zero attached hydrogens (tertiary/aromatic N) is 1. The molecule has 90 valence electrons. The fourth-order valence-corrected chi connectivity index (χ4v) is 2.42. The summed E-state index contributed by atoms with van der Waals surface area (Å²) in [6.45, 7) is 6.30. The Morgan fingerprint density at radius 3 is 2.41 bits per heavy atom. The average Bonchev–Trinajstić information content (AvgIpc) is 3.07. The normalized spacial score (nSPS) is 16.4. The van der Waals surface area contributed by atoms with Crippen LogP contribution in [0.25, 0.3) is 0 Å². The number of benzene rings is 1. The Labute approximate surface area is 103 Å². The summed E-state index contributed by atoms with van der Waals surface area (Å²) in [4.78, 5) is 0. The molecule has 2 nitrogen and oxygen atoms in total. The molecule has 0 aliphatic heterocycles. The maximum atomic E-state index is 9.21. The van der Waals surface area contributed by atoms with Crippen LogP contribution in [-0.4, -0.2) is 7.11 Å². The van der Waals surface area contributed by atoms with Gasteiger partial charge in [-0.25, -0.2) is 0 Å². The van der Waals surface area contributed by atoms with Crippen molar-refractivity contribution in [3.8, 4) is 11.8 Å². The van der Waals surface area contributed by atoms with E-state index in [1.165, 1.54) is 22.3 Å². The van der Waals surface area contributed by atoms with Crippen LogP contribution < -0.4 is 4.74 Å². The average molecular weight is 229 g/mol. The van der Waals surface area contributed by atoms with Crippen molar-refractivity contribution in [1.29, 1.82) is 5.26 Å². The van der Waals surface area contributed by atoms with E-state index in [1.54, 1.807) is 7.11 Å². The van der Waals surface area contributed by atoms with Crippen LogP contribution in [0.3, 0.4) is 0 Å². The molecule has 1 aromatic rings. The molecule has 1 saturated carbocycles. The minimum absolute atomic E-state index is 0.111. The Morgan fingerprint density at radius 1 is 1.29 bits per heavy atom. The van der Waals surface area contributed by atoms with Gasteiger partial charge in [0.1, 0.15) is 5.75 Å². The molecule has 0 spiro atoms. The van der Waals surface area contributed by atoms with Crippen LogP contribution in [0.4, 0.5) is 0 Å². The van der Waals surface area contributed by atoms with Gasteiger partial charge in [-0.1, -0.05) is 6.07 Å². The molecule has 0 bridgehead atoms. The number of nitriles is 1. The van der Waals surface area contributed by atoms with Crippen LogP contribution >= 0.6 is 0 Å². The quantitative estimate of drug-likeness (QED) is 0.795. The molecule has 0 heterocycles. The van der Waals surface area contributed by atoms with Crippen molar-refractivity contribution in [1.82, 2.24) is 0 Å². The van der Waals surface area contributed by atoms with Gasteiger partial charge in [0.2, 0.25) is 0 Å². The van der Waals surface area contributed by atoms with Crippen molar-refractivity contribution in [2.45, 2.75) is 40.0 Å². The van der Waals surface area contributed by atoms with E-state index < -0.39 is 0 Å². The van der Waals surface area contributed by atoms with Crippen molar-refractivity contribution in [3.63, 3.8) is 0 Å². The molecule has 1 aromatic carbocycles. The van der Waals surface area contributed by atoms with Gasteiger partial charge < -0.3 is 4.74 Å². The second-order valence-corrected chi connectivity index (χ2v) is 5.22. The molecule has 0 radical (unpaired) electrons. The molecule has 0 saturated heterocycles. The van der Waals surface area contributed by atoms with Crippen molar-refractivity contribution in [3.05, 3.63) is 28.3 Å². The summed E-state index contributed by atoms with van der Waals surface area (Å²) in [5, 5.41) is 9.21. The number of hydrogen-bond acceptors (Lipinski definition) is 2. The number of ether oxygens (including phenoxy) is 1. The van der Waals surface area contributed by atoms with Crippen LogP contribution in [-0.2, 0) is 6.42 Å². The summed E-state index contributed by atoms with van der Waals surface area (Å²) in [6.07, 6.45) is 2.89. The van der Waals surface area contributed by atoms with E-state index in [-0.39, 0.29) is 5.41 Å². The van der Waals surface area contributed by atoms with E-state index in [4.69, 9.17) is 4.74 Å². The summed E-state index contributed by atoms with van der Waals surface area (Å²) in [7, 11) is 1.72. The molecule has 2 rings (SSSR count). The lowest BCUT2D eigenvalue weighted by molar-refractivity contribution is 0.402. The van der Waals surface area contributed by atoms with Gasteiger partial charge in [0.15, 0.2) is 0 Å². The first kappa shape index (κ1) is 12.0. The zero-order valence-corrected chi connectivity index (χ0v) is 11.1. The predicted octanol–water partition coefficient (Wildman–Crippen LogP) is 3.47. The number of methoxy groups -OCH3 is 1. The molecule has 2 heteroatoms. The lowest BCUT2D eigenvalue weighted by Gasteiger charge is -2.18. The Bertz CT molecular complexity index is 493. The molecule has 0 unspecified atom stereocenters. The van der Waals surface area contributed by atoms with Gasteiger partial charge in [0.05, 0.1) is 18.6 Å². The van der Waals surface area contributed by atoms with E-state index in [0.717, 1.165) is 25.0 Å². The minimum Gasteiger partial charge on any atom is -0.496 e. The molecule has 0 atom stereocenters. The highest BCUT2D eigenvalue weighted by Gasteiger charge is 2.44. The second kappa shape index (κ2) is 4.07. The van der Waals surface area contributed by atoms with Crippen LogP contribution in [0.5, 0.6) is 5.75 Å². The molecular weight excluding hydrogens is 210 g/mol. The highest BCUT2D eigenvalue weighted by atomic mass is 16.5. The number of hydrogen-bond donors (Lipinski definition) is 0. The zero-order valence-electron chi connectivity index (χ0n) is 11.1. The second-order valence-electron chi connectivity index (χ2n) is 5.22. The highest BCUT2D eigenvalue weighted by molar-refractivity contribution is 5.50. The van der Waals surface area contributed by atoms with Gasteiger partial charge in [0.25, 0.3) is 0 Å². The molecule has 0 N–H and O–H groups in total. The third-order valence-electron chi connectivity index (χ3n) is 3.93. The standard InChI is InChI=1S/C15H19NO/c1-10-7-11(2)13(14(17-4)12(10)3)8-15(9-16)5-6-15/h7H,5-6,8H2,1-4H3. The fraction of sp³-hybridized carbons (Fsp3) is 0.533. The summed E-state index contributed by atoms with van der Waals surface area (Å²) in [5.41, 5.74) is 4.80. The maximum absolute atomic E-state index is 9.21. The van der Waals surface area contributed by atoms with Crippen molar-refractivity contribution in [2.24, 2.45) is 5.41 Å². The molecule has 1 fully saturated rings. The molecule has 1 aliphatic carbocycles. The SMILES string of the molecule is COc1c(C)c(C)cc(C)c1CC1(C#N)CC1. The first-order valence-electron chi connectivity index (χ1n) is 6.08. The van der Waals surface area contributed by atoms with Gasteiger partial charge in [-0.2, -0.15) is 5.26 Å². The van der Waals surface area contributed by atoms with Gasteiger partial charge in [-0.05, 0) is 62.3 Å². The fourth-order valence-electron chi connectivity index (χ4n) is 2.42.